The van der Waals surface area contributed by atoms with Crippen LogP contribution in [0, 0.1) is 5.21 Å². The van der Waals surface area contributed by atoms with Gasteiger partial charge in [-0.2, -0.15) is 0 Å². The van der Waals surface area contributed by atoms with Crippen molar-refractivity contribution in [2.45, 2.75) is 13.0 Å². The van der Waals surface area contributed by atoms with Crippen molar-refractivity contribution >= 4 is 41.6 Å². The number of hydrogen-bond acceptors (Lipinski definition) is 2. The zero-order valence-corrected chi connectivity index (χ0v) is 10.1. The van der Waals surface area contributed by atoms with Crippen LogP contribution in [0.25, 0.3) is 0 Å². The molecule has 0 aliphatic carbocycles. The average Bonchev–Trinajstić information content (AvgIpc) is 2.03. The minimum absolute atomic E-state index is 0. The summed E-state index contributed by atoms with van der Waals surface area (Å²) in [5.74, 6) is -0.846. The van der Waals surface area contributed by atoms with Crippen LogP contribution in [0.5, 0.6) is 0 Å². The number of rotatable bonds is 6. The van der Waals surface area contributed by atoms with Crippen molar-refractivity contribution in [1.82, 2.24) is 0 Å². The summed E-state index contributed by atoms with van der Waals surface area (Å²) in [5.41, 5.74) is 0. The highest BCUT2D eigenvalue weighted by molar-refractivity contribution is 6.18. The molecule has 0 aliphatic heterocycles. The second-order valence-electron chi connectivity index (χ2n) is 2.79. The Morgan fingerprint density at radius 1 is 1.43 bits per heavy atom. The maximum Gasteiger partial charge on any atom is 0.362 e. The molecule has 0 aliphatic rings. The van der Waals surface area contributed by atoms with Gasteiger partial charge < -0.3 is 15.0 Å². The first-order chi connectivity index (χ1) is 5.98. The first kappa shape index (κ1) is 16.7. The number of aliphatic carboxylic acids is 1. The average molecular weight is 267 g/mol. The van der Waals surface area contributed by atoms with Gasteiger partial charge in [0.15, 0.2) is 6.04 Å². The van der Waals surface area contributed by atoms with E-state index < -0.39 is 16.7 Å². The molecule has 0 bridgehead atoms. The van der Waals surface area contributed by atoms with Gasteiger partial charge in [0.25, 0.3) is 0 Å². The number of hydrogen-bond donors (Lipinski definition) is 1. The third-order valence-electron chi connectivity index (χ3n) is 1.99. The lowest BCUT2D eigenvalue weighted by Crippen LogP contribution is -2.55. The topological polar surface area (TPSA) is 60.4 Å². The van der Waals surface area contributed by atoms with Crippen LogP contribution in [0.4, 0.5) is 0 Å². The van der Waals surface area contributed by atoms with Gasteiger partial charge in [0.05, 0.1) is 24.8 Å². The highest BCUT2D eigenvalue weighted by Crippen LogP contribution is 2.12. The minimum atomic E-state index is -1.12. The lowest BCUT2D eigenvalue weighted by atomic mass is 10.2. The van der Waals surface area contributed by atoms with E-state index in [0.29, 0.717) is 0 Å². The number of halogens is 3. The minimum Gasteiger partial charge on any atom is -0.632 e. The second kappa shape index (κ2) is 7.54. The standard InChI is InChI=1S/C7H13Cl2NO3.ClH/c1-6(7(11)12)10(13,4-2-8)5-3-9;/h6H,2-5H2,1H3,(H,11,12);1H. The van der Waals surface area contributed by atoms with Gasteiger partial charge in [-0.05, 0) is 6.92 Å². The molecular weight excluding hydrogens is 252 g/mol. The monoisotopic (exact) mass is 265 g/mol. The van der Waals surface area contributed by atoms with E-state index in [0.717, 1.165) is 0 Å². The summed E-state index contributed by atoms with van der Waals surface area (Å²) in [6.45, 7) is 1.51. The van der Waals surface area contributed by atoms with Crippen LogP contribution >= 0.6 is 35.6 Å². The fourth-order valence-corrected chi connectivity index (χ4v) is 1.56. The molecule has 86 valence electrons. The first-order valence-electron chi connectivity index (χ1n) is 3.90. The Morgan fingerprint density at radius 3 is 2.00 bits per heavy atom. The predicted molar refractivity (Wildman–Crippen MR) is 59.1 cm³/mol. The highest BCUT2D eigenvalue weighted by atomic mass is 35.5. The van der Waals surface area contributed by atoms with Gasteiger partial charge in [-0.3, -0.25) is 0 Å². The Hall–Kier alpha value is 0.260. The Labute approximate surface area is 99.4 Å². The number of carboxylic acids is 1. The zero-order valence-electron chi connectivity index (χ0n) is 7.78. The molecule has 0 heterocycles. The number of carbonyl (C=O) groups is 1. The number of nitrogens with zero attached hydrogens (tertiary/aromatic N) is 1. The zero-order chi connectivity index (χ0) is 10.5. The van der Waals surface area contributed by atoms with Crippen LogP contribution in [-0.4, -0.2) is 46.6 Å². The summed E-state index contributed by atoms with van der Waals surface area (Å²) in [5, 5.41) is 20.5. The molecular formula is C7H14Cl3NO3. The van der Waals surface area contributed by atoms with E-state index in [9.17, 15) is 10.0 Å². The molecule has 0 radical (unpaired) electrons. The van der Waals surface area contributed by atoms with E-state index in [1.165, 1.54) is 6.92 Å². The number of hydroxylamine groups is 3. The van der Waals surface area contributed by atoms with Crippen molar-refractivity contribution in [1.29, 1.82) is 0 Å². The molecule has 14 heavy (non-hydrogen) atoms. The van der Waals surface area contributed by atoms with Gasteiger partial charge in [-0.15, -0.1) is 35.6 Å². The Morgan fingerprint density at radius 2 is 1.79 bits per heavy atom. The van der Waals surface area contributed by atoms with Crippen LogP contribution in [0.3, 0.4) is 0 Å². The quantitative estimate of drug-likeness (QED) is 0.452. The van der Waals surface area contributed by atoms with Crippen molar-refractivity contribution in [3.63, 3.8) is 0 Å². The molecule has 0 aromatic rings. The number of quaternary nitrogens is 1. The Balaban J connectivity index is 0. The maximum atomic E-state index is 11.8. The van der Waals surface area contributed by atoms with Crippen LogP contribution in [0.1, 0.15) is 6.92 Å². The molecule has 0 saturated heterocycles. The molecule has 0 rings (SSSR count). The van der Waals surface area contributed by atoms with Crippen LogP contribution in [0.15, 0.2) is 0 Å². The molecule has 0 saturated carbocycles. The van der Waals surface area contributed by atoms with Crippen LogP contribution in [-0.2, 0) is 4.79 Å². The van der Waals surface area contributed by atoms with E-state index in [4.69, 9.17) is 28.3 Å². The van der Waals surface area contributed by atoms with Crippen molar-refractivity contribution in [3.05, 3.63) is 5.21 Å². The smallest absolute Gasteiger partial charge is 0.362 e. The van der Waals surface area contributed by atoms with E-state index in [1.54, 1.807) is 0 Å². The van der Waals surface area contributed by atoms with Gasteiger partial charge in [0, 0.05) is 0 Å². The summed E-state index contributed by atoms with van der Waals surface area (Å²) in [6.07, 6.45) is 0. The Kier molecular flexibility index (Phi) is 8.98. The largest absolute Gasteiger partial charge is 0.632 e. The predicted octanol–water partition coefficient (Wildman–Crippen LogP) is 1.67. The molecule has 1 N–H and O–H groups in total. The summed E-state index contributed by atoms with van der Waals surface area (Å²) >= 11 is 10.8. The molecule has 1 unspecified atom stereocenters. The molecule has 1 atom stereocenters. The fraction of sp³-hybridized carbons (Fsp3) is 0.857. The number of carboxylic acid groups (broad SMARTS) is 1. The third kappa shape index (κ3) is 4.66. The normalized spacial score (nSPS) is 13.1. The lowest BCUT2D eigenvalue weighted by Gasteiger charge is -2.44. The van der Waals surface area contributed by atoms with E-state index in [-0.39, 0.29) is 37.3 Å². The van der Waals surface area contributed by atoms with Gasteiger partial charge >= 0.3 is 5.97 Å². The Bertz CT molecular complexity index is 174. The van der Waals surface area contributed by atoms with E-state index in [2.05, 4.69) is 0 Å². The van der Waals surface area contributed by atoms with Crippen LogP contribution in [0.2, 0.25) is 0 Å². The summed E-state index contributed by atoms with van der Waals surface area (Å²) in [7, 11) is 0. The second-order valence-corrected chi connectivity index (χ2v) is 3.55. The summed E-state index contributed by atoms with van der Waals surface area (Å²) in [4.78, 5) is 10.6. The van der Waals surface area contributed by atoms with Gasteiger partial charge in [0.2, 0.25) is 0 Å². The third-order valence-corrected chi connectivity index (χ3v) is 2.33. The van der Waals surface area contributed by atoms with Gasteiger partial charge in [-0.1, -0.05) is 0 Å². The molecule has 0 spiro atoms. The van der Waals surface area contributed by atoms with Crippen LogP contribution < -0.4 is 0 Å². The van der Waals surface area contributed by atoms with Crippen molar-refractivity contribution < 1.29 is 14.5 Å². The van der Waals surface area contributed by atoms with E-state index in [1.807, 2.05) is 0 Å². The van der Waals surface area contributed by atoms with Crippen molar-refractivity contribution in [3.8, 4) is 0 Å². The van der Waals surface area contributed by atoms with Gasteiger partial charge in [0.1, 0.15) is 0 Å². The van der Waals surface area contributed by atoms with E-state index >= 15 is 0 Å². The maximum absolute atomic E-state index is 11.8. The van der Waals surface area contributed by atoms with Crippen molar-refractivity contribution in [2.24, 2.45) is 0 Å². The lowest BCUT2D eigenvalue weighted by molar-refractivity contribution is -0.890. The SMILES string of the molecule is CC(C(=O)O)[N+]([O-])(CCCl)CCCl.Cl. The molecule has 4 nitrogen and oxygen atoms in total. The number of alkyl halides is 2. The molecule has 0 amide bonds. The summed E-state index contributed by atoms with van der Waals surface area (Å²) < 4.78 is -0.859. The molecule has 0 fully saturated rings. The summed E-state index contributed by atoms with van der Waals surface area (Å²) in [6, 6.07) is -1.02. The molecule has 7 heteroatoms. The molecule has 0 aromatic heterocycles. The first-order valence-corrected chi connectivity index (χ1v) is 4.97. The van der Waals surface area contributed by atoms with Gasteiger partial charge in [-0.25, -0.2) is 4.79 Å². The fourth-order valence-electron chi connectivity index (χ4n) is 0.986. The molecule has 0 aromatic carbocycles. The highest BCUT2D eigenvalue weighted by Gasteiger charge is 2.29. The van der Waals surface area contributed by atoms with Crippen molar-refractivity contribution in [2.75, 3.05) is 24.8 Å².